The average molecular weight is 164 g/mol. The van der Waals surface area contributed by atoms with Gasteiger partial charge in [0.1, 0.15) is 0 Å². The van der Waals surface area contributed by atoms with Crippen molar-refractivity contribution in [3.63, 3.8) is 0 Å². The van der Waals surface area contributed by atoms with Crippen LogP contribution in [0.4, 0.5) is 0 Å². The number of rotatable bonds is 4. The van der Waals surface area contributed by atoms with Gasteiger partial charge in [-0.05, 0) is 0 Å². The van der Waals surface area contributed by atoms with Gasteiger partial charge in [0.15, 0.2) is 0 Å². The summed E-state index contributed by atoms with van der Waals surface area (Å²) in [6, 6.07) is 8.91. The first kappa shape index (κ1) is 8.39. The van der Waals surface area contributed by atoms with E-state index in [0.717, 1.165) is 0 Å². The van der Waals surface area contributed by atoms with Gasteiger partial charge in [0.2, 0.25) is 6.23 Å². The largest absolute Gasteiger partial charge is 0.436 e. The van der Waals surface area contributed by atoms with Crippen molar-refractivity contribution in [1.29, 1.82) is 5.53 Å². The highest BCUT2D eigenvalue weighted by atomic mass is 16.5. The van der Waals surface area contributed by atoms with Crippen LogP contribution in [0.25, 0.3) is 0 Å². The van der Waals surface area contributed by atoms with Crippen LogP contribution in [0.3, 0.4) is 0 Å². The van der Waals surface area contributed by atoms with Gasteiger partial charge < -0.3 is 4.74 Å². The third-order valence-corrected chi connectivity index (χ3v) is 1.39. The summed E-state index contributed by atoms with van der Waals surface area (Å²) < 4.78 is 4.54. The highest BCUT2D eigenvalue weighted by Crippen LogP contribution is 2.16. The fourth-order valence-electron chi connectivity index (χ4n) is 0.854. The molecule has 4 heteroatoms. The van der Waals surface area contributed by atoms with Crippen molar-refractivity contribution in [2.75, 3.05) is 0 Å². The summed E-state index contributed by atoms with van der Waals surface area (Å²) in [5.41, 5.74) is 7.44. The molecule has 4 nitrogen and oxygen atoms in total. The lowest BCUT2D eigenvalue weighted by molar-refractivity contribution is -0.133. The molecule has 0 aliphatic rings. The molecule has 1 aromatic rings. The Morgan fingerprint density at radius 2 is 2.08 bits per heavy atom. The lowest BCUT2D eigenvalue weighted by Crippen LogP contribution is -1.98. The Labute approximate surface area is 69.7 Å². The molecule has 0 aromatic heterocycles. The highest BCUT2D eigenvalue weighted by Gasteiger charge is 2.07. The fourth-order valence-corrected chi connectivity index (χ4v) is 0.854. The van der Waals surface area contributed by atoms with E-state index < -0.39 is 6.23 Å². The van der Waals surface area contributed by atoms with Gasteiger partial charge in [0.25, 0.3) is 6.47 Å². The molecule has 0 fully saturated rings. The van der Waals surface area contributed by atoms with Crippen molar-refractivity contribution in [3.05, 3.63) is 35.9 Å². The first-order valence-corrected chi connectivity index (χ1v) is 3.39. The van der Waals surface area contributed by atoms with Crippen LogP contribution >= 0.6 is 0 Å². The monoisotopic (exact) mass is 164 g/mol. The van der Waals surface area contributed by atoms with Crippen molar-refractivity contribution >= 4 is 6.47 Å². The van der Waals surface area contributed by atoms with Crippen molar-refractivity contribution in [1.82, 2.24) is 0 Å². The van der Waals surface area contributed by atoms with E-state index in [-0.39, 0.29) is 6.47 Å². The van der Waals surface area contributed by atoms with Gasteiger partial charge in [-0.2, -0.15) is 0 Å². The second-order valence-electron chi connectivity index (χ2n) is 2.12. The van der Waals surface area contributed by atoms with Crippen LogP contribution in [0.15, 0.2) is 35.4 Å². The predicted molar refractivity (Wildman–Crippen MR) is 41.5 cm³/mol. The number of benzene rings is 1. The van der Waals surface area contributed by atoms with Crippen LogP contribution in [0, 0.1) is 5.53 Å². The molecule has 0 heterocycles. The minimum atomic E-state index is -0.802. The van der Waals surface area contributed by atoms with Gasteiger partial charge in [-0.1, -0.05) is 30.3 Å². The lowest BCUT2D eigenvalue weighted by atomic mass is 10.2. The quantitative estimate of drug-likeness (QED) is 0.545. The van der Waals surface area contributed by atoms with Gasteiger partial charge in [0, 0.05) is 5.56 Å². The molecule has 0 amide bonds. The maximum atomic E-state index is 9.98. The van der Waals surface area contributed by atoms with Crippen LogP contribution in [-0.4, -0.2) is 6.47 Å². The number of ether oxygens (including phenoxy) is 1. The van der Waals surface area contributed by atoms with E-state index in [1.807, 2.05) is 6.07 Å². The second-order valence-corrected chi connectivity index (χ2v) is 2.12. The fraction of sp³-hybridized carbons (Fsp3) is 0.125. The molecule has 1 aromatic carbocycles. The standard InChI is InChI=1S/C8H8N2O2/c9-10-8(12-6-11)7-4-2-1-3-5-7/h1-6,8-9H. The Balaban J connectivity index is 2.79. The summed E-state index contributed by atoms with van der Waals surface area (Å²) in [4.78, 5) is 9.98. The Kier molecular flexibility index (Phi) is 2.95. The van der Waals surface area contributed by atoms with E-state index in [1.54, 1.807) is 24.3 Å². The number of nitrogens with one attached hydrogen (secondary N) is 1. The Hall–Kier alpha value is -1.71. The molecule has 0 radical (unpaired) electrons. The van der Waals surface area contributed by atoms with Gasteiger partial charge >= 0.3 is 0 Å². The van der Waals surface area contributed by atoms with Crippen LogP contribution in [0.2, 0.25) is 0 Å². The zero-order valence-corrected chi connectivity index (χ0v) is 6.31. The molecule has 1 unspecified atom stereocenters. The van der Waals surface area contributed by atoms with Crippen LogP contribution in [0.1, 0.15) is 11.8 Å². The van der Waals surface area contributed by atoms with Crippen LogP contribution in [0.5, 0.6) is 0 Å². The molecule has 0 aliphatic carbocycles. The average Bonchev–Trinajstić information content (AvgIpc) is 2.15. The second kappa shape index (κ2) is 4.23. The van der Waals surface area contributed by atoms with E-state index in [4.69, 9.17) is 5.53 Å². The van der Waals surface area contributed by atoms with E-state index in [1.165, 1.54) is 0 Å². The van der Waals surface area contributed by atoms with E-state index in [9.17, 15) is 4.79 Å². The molecule has 0 saturated carbocycles. The first-order valence-electron chi connectivity index (χ1n) is 3.39. The van der Waals surface area contributed by atoms with Crippen LogP contribution in [-0.2, 0) is 9.53 Å². The highest BCUT2D eigenvalue weighted by molar-refractivity contribution is 5.38. The molecule has 0 bridgehead atoms. The number of carbonyl (C=O) groups excluding carboxylic acids is 1. The van der Waals surface area contributed by atoms with E-state index >= 15 is 0 Å². The topological polar surface area (TPSA) is 62.5 Å². The summed E-state index contributed by atoms with van der Waals surface area (Å²) >= 11 is 0. The molecular weight excluding hydrogens is 156 g/mol. The SMILES string of the molecule is N=NC(OC=O)c1ccccc1. The molecule has 0 aliphatic heterocycles. The minimum Gasteiger partial charge on any atom is -0.436 e. The number of carbonyl (C=O) groups is 1. The van der Waals surface area contributed by atoms with Crippen molar-refractivity contribution in [2.45, 2.75) is 6.23 Å². The zero-order chi connectivity index (χ0) is 8.81. The van der Waals surface area contributed by atoms with Crippen molar-refractivity contribution < 1.29 is 9.53 Å². The molecule has 62 valence electrons. The summed E-state index contributed by atoms with van der Waals surface area (Å²) in [5, 5.41) is 3.14. The zero-order valence-electron chi connectivity index (χ0n) is 6.31. The smallest absolute Gasteiger partial charge is 0.295 e. The summed E-state index contributed by atoms with van der Waals surface area (Å²) in [6.07, 6.45) is -0.802. The third-order valence-electron chi connectivity index (χ3n) is 1.39. The Bertz CT molecular complexity index is 261. The normalized spacial score (nSPS) is 11.7. The molecule has 1 rings (SSSR count). The maximum absolute atomic E-state index is 9.98. The Morgan fingerprint density at radius 1 is 1.42 bits per heavy atom. The van der Waals surface area contributed by atoms with Gasteiger partial charge in [0.05, 0.1) is 0 Å². The number of hydrogen-bond acceptors (Lipinski definition) is 4. The summed E-state index contributed by atoms with van der Waals surface area (Å²) in [6.45, 7) is 0.287. The molecule has 0 spiro atoms. The molecule has 1 N–H and O–H groups in total. The predicted octanol–water partition coefficient (Wildman–Crippen LogP) is 1.89. The van der Waals surface area contributed by atoms with Crippen molar-refractivity contribution in [3.8, 4) is 0 Å². The number of nitrogens with zero attached hydrogens (tertiary/aromatic N) is 1. The molecule has 0 saturated heterocycles. The third kappa shape index (κ3) is 1.88. The minimum absolute atomic E-state index is 0.287. The summed E-state index contributed by atoms with van der Waals surface area (Å²) in [5.74, 6) is 0. The van der Waals surface area contributed by atoms with E-state index in [2.05, 4.69) is 9.85 Å². The molecule has 12 heavy (non-hydrogen) atoms. The Morgan fingerprint density at radius 3 is 2.58 bits per heavy atom. The lowest BCUT2D eigenvalue weighted by Gasteiger charge is -2.07. The first-order chi connectivity index (χ1) is 5.88. The van der Waals surface area contributed by atoms with Crippen molar-refractivity contribution in [2.24, 2.45) is 5.11 Å². The van der Waals surface area contributed by atoms with Gasteiger partial charge in [-0.3, -0.25) is 4.79 Å². The molecular formula is C8H8N2O2. The van der Waals surface area contributed by atoms with Gasteiger partial charge in [-0.25, -0.2) is 5.53 Å². The van der Waals surface area contributed by atoms with Crippen LogP contribution < -0.4 is 0 Å². The number of hydrogen-bond donors (Lipinski definition) is 1. The molecule has 1 atom stereocenters. The maximum Gasteiger partial charge on any atom is 0.295 e. The van der Waals surface area contributed by atoms with E-state index in [0.29, 0.717) is 5.56 Å². The summed E-state index contributed by atoms with van der Waals surface area (Å²) in [7, 11) is 0. The van der Waals surface area contributed by atoms with Gasteiger partial charge in [-0.15, -0.1) is 5.11 Å².